The molecule has 0 saturated heterocycles. The van der Waals surface area contributed by atoms with Crippen LogP contribution in [0.4, 0.5) is 4.79 Å². The molecule has 0 rings (SSSR count). The standard InChI is InChI=1S/C12H22N2O2/c1-9(2)13-7-10(3)8-14-11(15)16-12(4,5)6/h7,9H,3,8H2,1-2,4-6H3,(H,14,15). The minimum Gasteiger partial charge on any atom is -0.444 e. The van der Waals surface area contributed by atoms with Crippen molar-refractivity contribution in [2.24, 2.45) is 4.99 Å². The lowest BCUT2D eigenvalue weighted by Crippen LogP contribution is -2.33. The molecule has 0 aliphatic heterocycles. The van der Waals surface area contributed by atoms with Crippen molar-refractivity contribution in [2.45, 2.75) is 46.3 Å². The minimum absolute atomic E-state index is 0.235. The van der Waals surface area contributed by atoms with E-state index in [0.717, 1.165) is 5.57 Å². The number of carbonyl (C=O) groups excluding carboxylic acids is 1. The Kier molecular flexibility index (Phi) is 5.78. The summed E-state index contributed by atoms with van der Waals surface area (Å²) in [7, 11) is 0. The molecule has 0 aliphatic carbocycles. The quantitative estimate of drug-likeness (QED) is 0.749. The Morgan fingerprint density at radius 2 is 2.06 bits per heavy atom. The van der Waals surface area contributed by atoms with E-state index < -0.39 is 11.7 Å². The summed E-state index contributed by atoms with van der Waals surface area (Å²) in [5, 5.41) is 2.61. The lowest BCUT2D eigenvalue weighted by atomic mass is 10.2. The van der Waals surface area contributed by atoms with Crippen LogP contribution in [0.2, 0.25) is 0 Å². The van der Waals surface area contributed by atoms with Crippen LogP contribution in [-0.2, 0) is 4.74 Å². The molecule has 0 aromatic heterocycles. The molecule has 16 heavy (non-hydrogen) atoms. The number of nitrogens with one attached hydrogen (secondary N) is 1. The zero-order valence-electron chi connectivity index (χ0n) is 10.8. The first-order valence-corrected chi connectivity index (χ1v) is 5.38. The molecule has 0 atom stereocenters. The number of rotatable bonds is 4. The minimum atomic E-state index is -0.475. The molecule has 0 bridgehead atoms. The van der Waals surface area contributed by atoms with Crippen molar-refractivity contribution in [1.82, 2.24) is 5.32 Å². The second-order valence-electron chi connectivity index (χ2n) is 4.89. The largest absolute Gasteiger partial charge is 0.444 e. The summed E-state index contributed by atoms with van der Waals surface area (Å²) in [6, 6.07) is 0.235. The van der Waals surface area contributed by atoms with Gasteiger partial charge >= 0.3 is 6.09 Å². The predicted octanol–water partition coefficient (Wildman–Crippen LogP) is 2.55. The van der Waals surface area contributed by atoms with Crippen LogP contribution in [-0.4, -0.2) is 30.5 Å². The van der Waals surface area contributed by atoms with E-state index in [4.69, 9.17) is 4.74 Å². The van der Waals surface area contributed by atoms with Crippen LogP contribution >= 0.6 is 0 Å². The molecule has 4 nitrogen and oxygen atoms in total. The van der Waals surface area contributed by atoms with Crippen LogP contribution in [0, 0.1) is 0 Å². The van der Waals surface area contributed by atoms with E-state index >= 15 is 0 Å². The monoisotopic (exact) mass is 226 g/mol. The van der Waals surface area contributed by atoms with Crippen LogP contribution < -0.4 is 5.32 Å². The van der Waals surface area contributed by atoms with Gasteiger partial charge in [-0.2, -0.15) is 0 Å². The fourth-order valence-electron chi connectivity index (χ4n) is 0.800. The summed E-state index contributed by atoms with van der Waals surface area (Å²) in [6.07, 6.45) is 1.23. The number of aliphatic imine (C=N–C) groups is 1. The molecule has 92 valence electrons. The summed E-state index contributed by atoms with van der Waals surface area (Å²) in [6.45, 7) is 13.5. The lowest BCUT2D eigenvalue weighted by Gasteiger charge is -2.19. The molecule has 1 N–H and O–H groups in total. The number of alkyl carbamates (subject to hydrolysis) is 1. The molecule has 0 fully saturated rings. The zero-order valence-corrected chi connectivity index (χ0v) is 10.8. The third-order valence-corrected chi connectivity index (χ3v) is 1.41. The van der Waals surface area contributed by atoms with Gasteiger partial charge in [-0.25, -0.2) is 4.79 Å². The first-order chi connectivity index (χ1) is 7.20. The molecule has 0 saturated carbocycles. The van der Waals surface area contributed by atoms with Crippen molar-refractivity contribution >= 4 is 12.3 Å². The van der Waals surface area contributed by atoms with E-state index in [9.17, 15) is 4.79 Å². The molecule has 1 amide bonds. The third-order valence-electron chi connectivity index (χ3n) is 1.41. The topological polar surface area (TPSA) is 50.7 Å². The van der Waals surface area contributed by atoms with Gasteiger partial charge in [-0.05, 0) is 40.2 Å². The van der Waals surface area contributed by atoms with Gasteiger partial charge in [0, 0.05) is 18.8 Å². The average molecular weight is 226 g/mol. The van der Waals surface area contributed by atoms with Gasteiger partial charge < -0.3 is 10.1 Å². The van der Waals surface area contributed by atoms with Crippen molar-refractivity contribution in [2.75, 3.05) is 6.54 Å². The molecule has 0 aromatic carbocycles. The van der Waals surface area contributed by atoms with Crippen LogP contribution in [0.1, 0.15) is 34.6 Å². The Labute approximate surface area is 97.8 Å². The normalized spacial score (nSPS) is 11.9. The number of hydrogen-bond donors (Lipinski definition) is 1. The van der Waals surface area contributed by atoms with Crippen LogP contribution in [0.25, 0.3) is 0 Å². The van der Waals surface area contributed by atoms with E-state index in [1.54, 1.807) is 6.21 Å². The van der Waals surface area contributed by atoms with Crippen molar-refractivity contribution in [1.29, 1.82) is 0 Å². The Bertz CT molecular complexity index is 275. The molecule has 0 aromatic rings. The molecular weight excluding hydrogens is 204 g/mol. The fraction of sp³-hybridized carbons (Fsp3) is 0.667. The Morgan fingerprint density at radius 3 is 2.50 bits per heavy atom. The van der Waals surface area contributed by atoms with E-state index in [2.05, 4.69) is 16.9 Å². The van der Waals surface area contributed by atoms with Crippen LogP contribution in [0.15, 0.2) is 17.1 Å². The lowest BCUT2D eigenvalue weighted by molar-refractivity contribution is 0.0533. The van der Waals surface area contributed by atoms with Gasteiger partial charge in [0.1, 0.15) is 5.60 Å². The van der Waals surface area contributed by atoms with Gasteiger partial charge in [-0.1, -0.05) is 6.58 Å². The Balaban J connectivity index is 3.89. The zero-order chi connectivity index (χ0) is 12.8. The smallest absolute Gasteiger partial charge is 0.407 e. The van der Waals surface area contributed by atoms with Gasteiger partial charge in [0.05, 0.1) is 0 Å². The highest BCUT2D eigenvalue weighted by atomic mass is 16.6. The van der Waals surface area contributed by atoms with Gasteiger partial charge in [-0.3, -0.25) is 4.99 Å². The maximum atomic E-state index is 11.3. The Hall–Kier alpha value is -1.32. The van der Waals surface area contributed by atoms with E-state index in [0.29, 0.717) is 6.54 Å². The number of nitrogens with zero attached hydrogens (tertiary/aromatic N) is 1. The van der Waals surface area contributed by atoms with Crippen LogP contribution in [0.3, 0.4) is 0 Å². The number of amides is 1. The maximum Gasteiger partial charge on any atom is 0.407 e. The van der Waals surface area contributed by atoms with E-state index in [1.807, 2.05) is 34.6 Å². The summed E-state index contributed by atoms with van der Waals surface area (Å²) in [4.78, 5) is 15.4. The summed E-state index contributed by atoms with van der Waals surface area (Å²) < 4.78 is 5.08. The first kappa shape index (κ1) is 14.7. The highest BCUT2D eigenvalue weighted by Gasteiger charge is 2.15. The number of hydrogen-bond acceptors (Lipinski definition) is 3. The second-order valence-corrected chi connectivity index (χ2v) is 4.89. The van der Waals surface area contributed by atoms with Gasteiger partial charge in [0.2, 0.25) is 0 Å². The molecule has 0 spiro atoms. The van der Waals surface area contributed by atoms with Crippen LogP contribution in [0.5, 0.6) is 0 Å². The summed E-state index contributed by atoms with van der Waals surface area (Å²) in [5.74, 6) is 0. The van der Waals surface area contributed by atoms with Gasteiger partial charge in [-0.15, -0.1) is 0 Å². The molecule has 4 heteroatoms. The van der Waals surface area contributed by atoms with Crippen molar-refractivity contribution in [3.63, 3.8) is 0 Å². The predicted molar refractivity (Wildman–Crippen MR) is 67.0 cm³/mol. The van der Waals surface area contributed by atoms with E-state index in [-0.39, 0.29) is 6.04 Å². The summed E-state index contributed by atoms with van der Waals surface area (Å²) in [5.41, 5.74) is 0.275. The van der Waals surface area contributed by atoms with Crippen molar-refractivity contribution < 1.29 is 9.53 Å². The number of carbonyl (C=O) groups is 1. The molecular formula is C12H22N2O2. The third kappa shape index (κ3) is 9.24. The van der Waals surface area contributed by atoms with Crippen molar-refractivity contribution in [3.8, 4) is 0 Å². The summed E-state index contributed by atoms with van der Waals surface area (Å²) >= 11 is 0. The highest BCUT2D eigenvalue weighted by molar-refractivity contribution is 5.79. The number of ether oxygens (including phenoxy) is 1. The highest BCUT2D eigenvalue weighted by Crippen LogP contribution is 2.06. The average Bonchev–Trinajstić information content (AvgIpc) is 2.08. The first-order valence-electron chi connectivity index (χ1n) is 5.38. The molecule has 0 aliphatic rings. The molecule has 0 unspecified atom stereocenters. The maximum absolute atomic E-state index is 11.3. The second kappa shape index (κ2) is 6.30. The van der Waals surface area contributed by atoms with E-state index in [1.165, 1.54) is 0 Å². The van der Waals surface area contributed by atoms with Gasteiger partial charge in [0.25, 0.3) is 0 Å². The Morgan fingerprint density at radius 1 is 1.50 bits per heavy atom. The molecule has 0 radical (unpaired) electrons. The molecule has 0 heterocycles. The SMILES string of the molecule is C=C(C=NC(C)C)CNC(=O)OC(C)(C)C. The fourth-order valence-corrected chi connectivity index (χ4v) is 0.800. The van der Waals surface area contributed by atoms with Crippen molar-refractivity contribution in [3.05, 3.63) is 12.2 Å². The van der Waals surface area contributed by atoms with Gasteiger partial charge in [0.15, 0.2) is 0 Å².